The standard InChI is InChI=1S/C14H26N2O2/c1-11-10-15-8-7-13(11)16-9-3-4-12(16)5-6-14(17)18-2/h11-13,15H,3-10H2,1-2H3. The Morgan fingerprint density at radius 2 is 2.28 bits per heavy atom. The number of piperidine rings is 1. The number of esters is 1. The summed E-state index contributed by atoms with van der Waals surface area (Å²) >= 11 is 0. The molecule has 0 amide bonds. The minimum atomic E-state index is -0.0693. The smallest absolute Gasteiger partial charge is 0.305 e. The molecule has 104 valence electrons. The molecular weight excluding hydrogens is 228 g/mol. The van der Waals surface area contributed by atoms with Crippen LogP contribution in [0.2, 0.25) is 0 Å². The lowest BCUT2D eigenvalue weighted by Crippen LogP contribution is -2.50. The number of carbonyl (C=O) groups excluding carboxylic acids is 1. The average Bonchev–Trinajstić information content (AvgIpc) is 2.84. The van der Waals surface area contributed by atoms with Gasteiger partial charge in [-0.25, -0.2) is 0 Å². The summed E-state index contributed by atoms with van der Waals surface area (Å²) in [7, 11) is 1.48. The van der Waals surface area contributed by atoms with E-state index < -0.39 is 0 Å². The first-order valence-corrected chi connectivity index (χ1v) is 7.25. The summed E-state index contributed by atoms with van der Waals surface area (Å²) in [6, 6.07) is 1.30. The van der Waals surface area contributed by atoms with Crippen molar-refractivity contribution in [3.8, 4) is 0 Å². The van der Waals surface area contributed by atoms with Gasteiger partial charge < -0.3 is 10.1 Å². The van der Waals surface area contributed by atoms with Crippen LogP contribution in [0.3, 0.4) is 0 Å². The molecule has 2 heterocycles. The number of hydrogen-bond acceptors (Lipinski definition) is 4. The Morgan fingerprint density at radius 3 is 3.00 bits per heavy atom. The third-order valence-corrected chi connectivity index (χ3v) is 4.50. The molecule has 0 bridgehead atoms. The molecule has 2 saturated heterocycles. The molecule has 0 radical (unpaired) electrons. The van der Waals surface area contributed by atoms with Crippen LogP contribution in [0.5, 0.6) is 0 Å². The van der Waals surface area contributed by atoms with E-state index in [4.69, 9.17) is 4.74 Å². The van der Waals surface area contributed by atoms with Crippen LogP contribution in [0.1, 0.15) is 39.0 Å². The van der Waals surface area contributed by atoms with Crippen molar-refractivity contribution in [3.63, 3.8) is 0 Å². The maximum Gasteiger partial charge on any atom is 0.305 e. The molecule has 0 saturated carbocycles. The minimum Gasteiger partial charge on any atom is -0.469 e. The van der Waals surface area contributed by atoms with E-state index in [1.807, 2.05) is 0 Å². The van der Waals surface area contributed by atoms with E-state index in [2.05, 4.69) is 17.1 Å². The summed E-state index contributed by atoms with van der Waals surface area (Å²) in [4.78, 5) is 13.9. The lowest BCUT2D eigenvalue weighted by Gasteiger charge is -2.40. The highest BCUT2D eigenvalue weighted by molar-refractivity contribution is 5.69. The van der Waals surface area contributed by atoms with Crippen LogP contribution >= 0.6 is 0 Å². The van der Waals surface area contributed by atoms with Crippen LogP contribution in [0.25, 0.3) is 0 Å². The molecular formula is C14H26N2O2. The van der Waals surface area contributed by atoms with E-state index in [1.54, 1.807) is 0 Å². The Bertz CT molecular complexity index is 283. The van der Waals surface area contributed by atoms with Gasteiger partial charge >= 0.3 is 5.97 Å². The van der Waals surface area contributed by atoms with Crippen molar-refractivity contribution in [1.29, 1.82) is 0 Å². The van der Waals surface area contributed by atoms with Crippen molar-refractivity contribution in [3.05, 3.63) is 0 Å². The van der Waals surface area contributed by atoms with Crippen LogP contribution < -0.4 is 5.32 Å². The summed E-state index contributed by atoms with van der Waals surface area (Å²) < 4.78 is 4.74. The largest absolute Gasteiger partial charge is 0.469 e. The second-order valence-corrected chi connectivity index (χ2v) is 5.69. The maximum absolute atomic E-state index is 11.3. The number of nitrogens with zero attached hydrogens (tertiary/aromatic N) is 1. The molecule has 2 aliphatic heterocycles. The van der Waals surface area contributed by atoms with Crippen molar-refractivity contribution in [2.24, 2.45) is 5.92 Å². The van der Waals surface area contributed by atoms with Crippen molar-refractivity contribution in [2.45, 2.75) is 51.1 Å². The summed E-state index contributed by atoms with van der Waals surface area (Å²) in [5.41, 5.74) is 0. The van der Waals surface area contributed by atoms with Gasteiger partial charge in [-0.3, -0.25) is 9.69 Å². The number of carbonyl (C=O) groups is 1. The monoisotopic (exact) mass is 254 g/mol. The molecule has 2 rings (SSSR count). The van der Waals surface area contributed by atoms with Gasteiger partial charge in [0.1, 0.15) is 0 Å². The zero-order valence-electron chi connectivity index (χ0n) is 11.7. The molecule has 3 atom stereocenters. The van der Waals surface area contributed by atoms with Gasteiger partial charge in [-0.2, -0.15) is 0 Å². The second-order valence-electron chi connectivity index (χ2n) is 5.69. The molecule has 18 heavy (non-hydrogen) atoms. The molecule has 0 spiro atoms. The van der Waals surface area contributed by atoms with E-state index in [9.17, 15) is 4.79 Å². The third-order valence-electron chi connectivity index (χ3n) is 4.50. The number of nitrogens with one attached hydrogen (secondary N) is 1. The zero-order valence-corrected chi connectivity index (χ0v) is 11.7. The van der Waals surface area contributed by atoms with E-state index in [0.717, 1.165) is 25.4 Å². The molecule has 0 aromatic carbocycles. The van der Waals surface area contributed by atoms with E-state index in [-0.39, 0.29) is 5.97 Å². The molecule has 1 N–H and O–H groups in total. The second kappa shape index (κ2) is 6.53. The van der Waals surface area contributed by atoms with Crippen LogP contribution in [0.15, 0.2) is 0 Å². The minimum absolute atomic E-state index is 0.0693. The number of likely N-dealkylation sites (tertiary alicyclic amines) is 1. The van der Waals surface area contributed by atoms with Gasteiger partial charge in [0.15, 0.2) is 0 Å². The molecule has 4 heteroatoms. The normalized spacial score (nSPS) is 33.6. The topological polar surface area (TPSA) is 41.6 Å². The van der Waals surface area contributed by atoms with E-state index in [1.165, 1.54) is 32.9 Å². The fourth-order valence-corrected chi connectivity index (χ4v) is 3.48. The Kier molecular flexibility index (Phi) is 5.01. The Morgan fingerprint density at radius 1 is 1.44 bits per heavy atom. The maximum atomic E-state index is 11.3. The van der Waals surface area contributed by atoms with Crippen molar-refractivity contribution in [2.75, 3.05) is 26.7 Å². The summed E-state index contributed by atoms with van der Waals surface area (Å²) in [6.07, 6.45) is 5.30. The molecule has 2 aliphatic rings. The third kappa shape index (κ3) is 3.23. The molecule has 0 aliphatic carbocycles. The van der Waals surface area contributed by atoms with Gasteiger partial charge in [0, 0.05) is 18.5 Å². The van der Waals surface area contributed by atoms with Gasteiger partial charge in [-0.05, 0) is 51.2 Å². The van der Waals surface area contributed by atoms with Gasteiger partial charge in [-0.15, -0.1) is 0 Å². The highest BCUT2D eigenvalue weighted by atomic mass is 16.5. The SMILES string of the molecule is COC(=O)CCC1CCCN1C1CCNCC1C. The van der Waals surface area contributed by atoms with Gasteiger partial charge in [0.05, 0.1) is 7.11 Å². The molecule has 0 aromatic rings. The van der Waals surface area contributed by atoms with Gasteiger partial charge in [-0.1, -0.05) is 6.92 Å². The zero-order chi connectivity index (χ0) is 13.0. The first kappa shape index (κ1) is 13.8. The van der Waals surface area contributed by atoms with Crippen LogP contribution in [0, 0.1) is 5.92 Å². The van der Waals surface area contributed by atoms with Crippen molar-refractivity contribution >= 4 is 5.97 Å². The van der Waals surface area contributed by atoms with Crippen LogP contribution in [0.4, 0.5) is 0 Å². The summed E-state index contributed by atoms with van der Waals surface area (Å²) in [5.74, 6) is 0.651. The van der Waals surface area contributed by atoms with Gasteiger partial charge in [0.25, 0.3) is 0 Å². The fourth-order valence-electron chi connectivity index (χ4n) is 3.48. The van der Waals surface area contributed by atoms with Crippen LogP contribution in [-0.4, -0.2) is 49.7 Å². The van der Waals surface area contributed by atoms with Crippen molar-refractivity contribution in [1.82, 2.24) is 10.2 Å². The van der Waals surface area contributed by atoms with E-state index in [0.29, 0.717) is 18.5 Å². The highest BCUT2D eigenvalue weighted by Gasteiger charge is 2.34. The quantitative estimate of drug-likeness (QED) is 0.770. The average molecular weight is 254 g/mol. The highest BCUT2D eigenvalue weighted by Crippen LogP contribution is 2.29. The summed E-state index contributed by atoms with van der Waals surface area (Å²) in [6.45, 7) is 5.81. The van der Waals surface area contributed by atoms with E-state index >= 15 is 0 Å². The number of ether oxygens (including phenoxy) is 1. The molecule has 0 aromatic heterocycles. The molecule has 3 unspecified atom stereocenters. The predicted octanol–water partition coefficient (Wildman–Crippen LogP) is 1.40. The Labute approximate surface area is 110 Å². The predicted molar refractivity (Wildman–Crippen MR) is 71.4 cm³/mol. The number of hydrogen-bond donors (Lipinski definition) is 1. The van der Waals surface area contributed by atoms with Gasteiger partial charge in [0.2, 0.25) is 0 Å². The first-order valence-electron chi connectivity index (χ1n) is 7.25. The van der Waals surface area contributed by atoms with Crippen LogP contribution in [-0.2, 0) is 9.53 Å². The summed E-state index contributed by atoms with van der Waals surface area (Å²) in [5, 5.41) is 3.46. The molecule has 2 fully saturated rings. The fraction of sp³-hybridized carbons (Fsp3) is 0.929. The first-order chi connectivity index (χ1) is 8.72. The lowest BCUT2D eigenvalue weighted by atomic mass is 9.92. The van der Waals surface area contributed by atoms with Crippen molar-refractivity contribution < 1.29 is 9.53 Å². The Hall–Kier alpha value is -0.610. The lowest BCUT2D eigenvalue weighted by molar-refractivity contribution is -0.141. The Balaban J connectivity index is 1.88. The number of methoxy groups -OCH3 is 1. The number of rotatable bonds is 4. The molecule has 4 nitrogen and oxygen atoms in total.